The van der Waals surface area contributed by atoms with Crippen LogP contribution in [0.5, 0.6) is 5.75 Å². The third kappa shape index (κ3) is 5.12. The fourth-order valence-corrected chi connectivity index (χ4v) is 4.63. The maximum absolute atomic E-state index is 15.0. The number of hydrogen-bond acceptors (Lipinski definition) is 4. The van der Waals surface area contributed by atoms with Crippen LogP contribution in [0.4, 0.5) is 4.39 Å². The summed E-state index contributed by atoms with van der Waals surface area (Å²) < 4.78 is 29.3. The van der Waals surface area contributed by atoms with Crippen molar-refractivity contribution in [2.24, 2.45) is 0 Å². The highest BCUT2D eigenvalue weighted by molar-refractivity contribution is 9.09. The van der Waals surface area contributed by atoms with Gasteiger partial charge in [0.25, 0.3) is 0 Å². The molecule has 1 aromatic heterocycles. The Bertz CT molecular complexity index is 927. The van der Waals surface area contributed by atoms with E-state index in [1.54, 1.807) is 13.0 Å². The second-order valence-corrected chi connectivity index (χ2v) is 15.7. The highest BCUT2D eigenvalue weighted by Crippen LogP contribution is 2.42. The van der Waals surface area contributed by atoms with Crippen LogP contribution < -0.4 is 10.4 Å². The summed E-state index contributed by atoms with van der Waals surface area (Å²) in [6, 6.07) is 3.76. The molecule has 1 aromatic carbocycles. The summed E-state index contributed by atoms with van der Waals surface area (Å²) in [6.45, 7) is 9.55. The van der Waals surface area contributed by atoms with Crippen LogP contribution in [0, 0.1) is 5.82 Å². The van der Waals surface area contributed by atoms with Crippen molar-refractivity contribution in [3.05, 3.63) is 28.4 Å². The fourth-order valence-electron chi connectivity index (χ4n) is 3.71. The molecule has 9 heteroatoms. The third-order valence-corrected chi connectivity index (χ3v) is 7.29. The van der Waals surface area contributed by atoms with Gasteiger partial charge in [-0.25, -0.2) is 9.18 Å². The topological polar surface area (TPSA) is 65.6 Å². The van der Waals surface area contributed by atoms with Crippen molar-refractivity contribution in [1.82, 2.24) is 9.13 Å². The van der Waals surface area contributed by atoms with Crippen LogP contribution in [0.25, 0.3) is 11.0 Å². The van der Waals surface area contributed by atoms with Crippen molar-refractivity contribution in [2.45, 2.75) is 63.8 Å². The summed E-state index contributed by atoms with van der Waals surface area (Å²) in [4.78, 5) is 13.2. The molecular weight excluding hydrogens is 459 g/mol. The molecule has 2 aromatic rings. The third-order valence-electron chi connectivity index (χ3n) is 5.26. The van der Waals surface area contributed by atoms with Crippen molar-refractivity contribution in [3.8, 4) is 5.75 Å². The number of alkyl halides is 1. The van der Waals surface area contributed by atoms with Crippen molar-refractivity contribution >= 4 is 35.0 Å². The fraction of sp³-hybridized carbons (Fsp3) is 0.650. The first-order valence-electron chi connectivity index (χ1n) is 9.95. The van der Waals surface area contributed by atoms with E-state index in [0.717, 1.165) is 6.04 Å². The van der Waals surface area contributed by atoms with E-state index in [-0.39, 0.29) is 24.0 Å². The molecule has 1 aliphatic rings. The molecule has 0 spiro atoms. The predicted molar refractivity (Wildman–Crippen MR) is 118 cm³/mol. The largest absolute Gasteiger partial charge is 0.493 e. The van der Waals surface area contributed by atoms with Crippen LogP contribution in [-0.2, 0) is 11.5 Å². The molecular formula is C20H30BrFN2O4Si. The molecule has 0 amide bonds. The van der Waals surface area contributed by atoms with Gasteiger partial charge in [0.2, 0.25) is 0 Å². The number of ether oxygens (including phenoxy) is 2. The summed E-state index contributed by atoms with van der Waals surface area (Å²) in [6.07, 6.45) is 0.841. The molecule has 29 heavy (non-hydrogen) atoms. The monoisotopic (exact) mass is 488 g/mol. The van der Waals surface area contributed by atoms with Gasteiger partial charge in [-0.05, 0) is 25.8 Å². The van der Waals surface area contributed by atoms with E-state index < -0.39 is 19.5 Å². The summed E-state index contributed by atoms with van der Waals surface area (Å²) in [5, 5.41) is 10.7. The first-order valence-corrected chi connectivity index (χ1v) is 14.8. The number of hydrogen-bond donors (Lipinski definition) is 1. The Hall–Kier alpha value is -1.16. The Labute approximate surface area is 179 Å². The zero-order valence-corrected chi connectivity index (χ0v) is 20.1. The van der Waals surface area contributed by atoms with Gasteiger partial charge in [0.1, 0.15) is 18.0 Å². The average Bonchev–Trinajstić information content (AvgIpc) is 2.86. The number of aliphatic hydroxyl groups is 1. The second-order valence-electron chi connectivity index (χ2n) is 9.30. The van der Waals surface area contributed by atoms with Crippen LogP contribution in [0.2, 0.25) is 25.7 Å². The minimum absolute atomic E-state index is 0.0667. The maximum Gasteiger partial charge on any atom is 0.331 e. The first-order chi connectivity index (χ1) is 13.5. The van der Waals surface area contributed by atoms with Crippen molar-refractivity contribution in [1.29, 1.82) is 0 Å². The minimum Gasteiger partial charge on any atom is -0.493 e. The van der Waals surface area contributed by atoms with E-state index in [4.69, 9.17) is 9.47 Å². The lowest BCUT2D eigenvalue weighted by Gasteiger charge is -2.41. The molecule has 1 saturated carbocycles. The molecule has 162 valence electrons. The van der Waals surface area contributed by atoms with Crippen molar-refractivity contribution < 1.29 is 19.0 Å². The first kappa shape index (κ1) is 22.5. The summed E-state index contributed by atoms with van der Waals surface area (Å²) >= 11 is 3.29. The van der Waals surface area contributed by atoms with Gasteiger partial charge in [-0.1, -0.05) is 35.6 Å². The van der Waals surface area contributed by atoms with E-state index in [2.05, 4.69) is 35.6 Å². The number of halogens is 2. The van der Waals surface area contributed by atoms with Crippen LogP contribution >= 0.6 is 15.9 Å². The van der Waals surface area contributed by atoms with Crippen LogP contribution in [0.1, 0.15) is 25.8 Å². The highest BCUT2D eigenvalue weighted by Gasteiger charge is 2.41. The molecule has 1 fully saturated rings. The highest BCUT2D eigenvalue weighted by atomic mass is 79.9. The summed E-state index contributed by atoms with van der Waals surface area (Å²) in [5.41, 5.74) is -0.429. The van der Waals surface area contributed by atoms with Gasteiger partial charge >= 0.3 is 5.69 Å². The van der Waals surface area contributed by atoms with E-state index in [1.165, 1.54) is 15.2 Å². The number of rotatable bonds is 9. The minimum atomic E-state index is -1.25. The smallest absolute Gasteiger partial charge is 0.331 e. The van der Waals surface area contributed by atoms with Gasteiger partial charge in [-0.3, -0.25) is 9.13 Å². The number of imidazole rings is 1. The van der Waals surface area contributed by atoms with Gasteiger partial charge in [-0.2, -0.15) is 0 Å². The van der Waals surface area contributed by atoms with E-state index in [0.29, 0.717) is 42.7 Å². The van der Waals surface area contributed by atoms with E-state index in [1.807, 2.05) is 0 Å². The number of benzene rings is 1. The Balaban J connectivity index is 1.97. The summed E-state index contributed by atoms with van der Waals surface area (Å²) in [5.74, 6) is -0.125. The zero-order chi connectivity index (χ0) is 21.4. The van der Waals surface area contributed by atoms with Crippen LogP contribution in [-0.4, -0.2) is 46.5 Å². The molecule has 0 bridgehead atoms. The van der Waals surface area contributed by atoms with Crippen LogP contribution in [0.3, 0.4) is 0 Å². The maximum atomic E-state index is 15.0. The summed E-state index contributed by atoms with van der Waals surface area (Å²) in [7, 11) is -1.25. The molecule has 0 saturated heterocycles. The Morgan fingerprint density at radius 1 is 1.31 bits per heavy atom. The molecule has 0 aliphatic heterocycles. The second kappa shape index (κ2) is 8.53. The average molecular weight is 489 g/mol. The number of aromatic nitrogens is 2. The number of nitrogens with zero attached hydrogens (tertiary/aromatic N) is 2. The molecule has 1 N–H and O–H groups in total. The SMILES string of the molecule is CC1(O)CC(n2c(=O)n(COCC[Si](C)(C)C)c3cc(OCCBr)cc(F)c32)C1. The van der Waals surface area contributed by atoms with Gasteiger partial charge in [0, 0.05) is 38.2 Å². The Morgan fingerprint density at radius 2 is 2.00 bits per heavy atom. The predicted octanol–water partition coefficient (Wildman–Crippen LogP) is 4.11. The van der Waals surface area contributed by atoms with Gasteiger partial charge < -0.3 is 14.6 Å². The van der Waals surface area contributed by atoms with Crippen molar-refractivity contribution in [2.75, 3.05) is 18.5 Å². The van der Waals surface area contributed by atoms with Gasteiger partial charge in [0.15, 0.2) is 5.82 Å². The normalized spacial score (nSPS) is 22.1. The van der Waals surface area contributed by atoms with Gasteiger partial charge in [-0.15, -0.1) is 0 Å². The lowest BCUT2D eigenvalue weighted by molar-refractivity contribution is -0.0511. The molecule has 1 heterocycles. The van der Waals surface area contributed by atoms with E-state index >= 15 is 4.39 Å². The lowest BCUT2D eigenvalue weighted by atomic mass is 9.77. The molecule has 0 radical (unpaired) electrons. The standard InChI is InChI=1S/C20H30BrFN2O4Si/c1-20(26)11-14(12-20)24-18-16(22)9-15(28-6-5-21)10-17(18)23(19(24)25)13-27-7-8-29(2,3)4/h9-10,14,26H,5-8,11-13H2,1-4H3. The quantitative estimate of drug-likeness (QED) is 0.327. The zero-order valence-electron chi connectivity index (χ0n) is 17.5. The van der Waals surface area contributed by atoms with E-state index in [9.17, 15) is 9.90 Å². The molecule has 0 unspecified atom stereocenters. The van der Waals surface area contributed by atoms with Crippen LogP contribution in [0.15, 0.2) is 16.9 Å². The van der Waals surface area contributed by atoms with Crippen molar-refractivity contribution in [3.63, 3.8) is 0 Å². The molecule has 0 atom stereocenters. The molecule has 1 aliphatic carbocycles. The molecule has 6 nitrogen and oxygen atoms in total. The number of fused-ring (bicyclic) bond motifs is 1. The Morgan fingerprint density at radius 3 is 2.59 bits per heavy atom. The Kier molecular flexibility index (Phi) is 6.62. The van der Waals surface area contributed by atoms with Gasteiger partial charge in [0.05, 0.1) is 17.7 Å². The molecule has 3 rings (SSSR count). The lowest BCUT2D eigenvalue weighted by Crippen LogP contribution is -2.45.